The molecule has 4 rings (SSSR count). The Labute approximate surface area is 169 Å². The fraction of sp³-hybridized carbons (Fsp3) is 0.286. The van der Waals surface area contributed by atoms with Gasteiger partial charge in [0.2, 0.25) is 0 Å². The fourth-order valence-electron chi connectivity index (χ4n) is 3.48. The third kappa shape index (κ3) is 3.99. The largest absolute Gasteiger partial charge is 0.378 e. The third-order valence-electron chi connectivity index (χ3n) is 4.94. The summed E-state index contributed by atoms with van der Waals surface area (Å²) < 4.78 is 5.67. The van der Waals surface area contributed by atoms with E-state index in [0.717, 1.165) is 35.6 Å². The summed E-state index contributed by atoms with van der Waals surface area (Å²) in [7, 11) is 3.84. The molecule has 7 heteroatoms. The van der Waals surface area contributed by atoms with Crippen molar-refractivity contribution in [2.24, 2.45) is 0 Å². The summed E-state index contributed by atoms with van der Waals surface area (Å²) in [6.07, 6.45) is 5.45. The lowest BCUT2D eigenvalue weighted by atomic mass is 10.1. The lowest BCUT2D eigenvalue weighted by Gasteiger charge is -2.21. The molecule has 0 saturated carbocycles. The van der Waals surface area contributed by atoms with Crippen molar-refractivity contribution in [3.05, 3.63) is 60.0 Å². The Hall–Kier alpha value is -2.54. The highest BCUT2D eigenvalue weighted by Gasteiger charge is 2.31. The standard InChI is InChI=1S/C21H22ClN5O/c1-27-12-18(19(13-27)28-2)25-21-17(14-5-7-16(22)8-6-14)11-24-20(26-21)15-4-3-9-23-10-15/h3-11,18-19H,12-13H2,1-2H3,(H,24,25,26)/t18-,19-/m0/s1. The molecule has 1 aromatic carbocycles. The second kappa shape index (κ2) is 8.22. The van der Waals surface area contributed by atoms with Gasteiger partial charge in [-0.1, -0.05) is 23.7 Å². The third-order valence-corrected chi connectivity index (χ3v) is 5.19. The lowest BCUT2D eigenvalue weighted by molar-refractivity contribution is 0.104. The normalized spacial score (nSPS) is 19.7. The van der Waals surface area contributed by atoms with Gasteiger partial charge in [-0.05, 0) is 36.9 Å². The van der Waals surface area contributed by atoms with E-state index in [2.05, 4.69) is 27.2 Å². The molecule has 2 aromatic heterocycles. The van der Waals surface area contributed by atoms with Gasteiger partial charge in [-0.25, -0.2) is 9.97 Å². The molecule has 6 nitrogen and oxygen atoms in total. The van der Waals surface area contributed by atoms with E-state index in [4.69, 9.17) is 21.3 Å². The molecule has 3 heterocycles. The van der Waals surface area contributed by atoms with Crippen LogP contribution in [0.25, 0.3) is 22.5 Å². The van der Waals surface area contributed by atoms with Gasteiger partial charge in [0.25, 0.3) is 0 Å². The molecule has 2 atom stereocenters. The van der Waals surface area contributed by atoms with E-state index < -0.39 is 0 Å². The number of benzene rings is 1. The molecule has 0 unspecified atom stereocenters. The molecular formula is C21H22ClN5O. The first-order chi connectivity index (χ1) is 13.6. The first kappa shape index (κ1) is 18.8. The predicted molar refractivity (Wildman–Crippen MR) is 111 cm³/mol. The van der Waals surface area contributed by atoms with Gasteiger partial charge in [-0.15, -0.1) is 0 Å². The quantitative estimate of drug-likeness (QED) is 0.712. The Kier molecular flexibility index (Phi) is 5.52. The zero-order valence-corrected chi connectivity index (χ0v) is 16.6. The highest BCUT2D eigenvalue weighted by atomic mass is 35.5. The number of methoxy groups -OCH3 is 1. The van der Waals surface area contributed by atoms with Crippen LogP contribution in [0.4, 0.5) is 5.82 Å². The molecule has 1 saturated heterocycles. The van der Waals surface area contributed by atoms with Gasteiger partial charge >= 0.3 is 0 Å². The van der Waals surface area contributed by atoms with Crippen LogP contribution in [0.15, 0.2) is 55.0 Å². The summed E-state index contributed by atoms with van der Waals surface area (Å²) >= 11 is 6.06. The van der Waals surface area contributed by atoms with Crippen molar-refractivity contribution in [3.8, 4) is 22.5 Å². The number of hydrogen-bond donors (Lipinski definition) is 1. The molecule has 3 aromatic rings. The number of pyridine rings is 1. The minimum atomic E-state index is 0.0971. The Morgan fingerprint density at radius 3 is 2.64 bits per heavy atom. The lowest BCUT2D eigenvalue weighted by Crippen LogP contribution is -2.34. The number of aromatic nitrogens is 3. The van der Waals surface area contributed by atoms with Gasteiger partial charge in [0.05, 0.1) is 12.1 Å². The molecule has 28 heavy (non-hydrogen) atoms. The fourth-order valence-corrected chi connectivity index (χ4v) is 3.61. The molecule has 144 valence electrons. The average molecular weight is 396 g/mol. The van der Waals surface area contributed by atoms with Gasteiger partial charge in [0.1, 0.15) is 5.82 Å². The van der Waals surface area contributed by atoms with Crippen molar-refractivity contribution in [2.45, 2.75) is 12.1 Å². The first-order valence-corrected chi connectivity index (χ1v) is 9.53. The SMILES string of the molecule is CO[C@H]1CN(C)C[C@@H]1Nc1nc(-c2cccnc2)ncc1-c1ccc(Cl)cc1. The van der Waals surface area contributed by atoms with Gasteiger partial charge < -0.3 is 15.0 Å². The van der Waals surface area contributed by atoms with E-state index in [1.165, 1.54) is 0 Å². The van der Waals surface area contributed by atoms with E-state index in [-0.39, 0.29) is 12.1 Å². The van der Waals surface area contributed by atoms with Crippen LogP contribution in [0, 0.1) is 0 Å². The monoisotopic (exact) mass is 395 g/mol. The molecule has 0 aliphatic carbocycles. The van der Waals surface area contributed by atoms with Crippen molar-refractivity contribution >= 4 is 17.4 Å². The van der Waals surface area contributed by atoms with Gasteiger partial charge in [0, 0.05) is 54.9 Å². The highest BCUT2D eigenvalue weighted by Crippen LogP contribution is 2.30. The maximum absolute atomic E-state index is 6.06. The number of ether oxygens (including phenoxy) is 1. The number of nitrogens with zero attached hydrogens (tertiary/aromatic N) is 4. The maximum Gasteiger partial charge on any atom is 0.163 e. The summed E-state index contributed by atoms with van der Waals surface area (Å²) in [5.74, 6) is 1.41. The topological polar surface area (TPSA) is 63.2 Å². The second-order valence-electron chi connectivity index (χ2n) is 6.95. The van der Waals surface area contributed by atoms with Crippen LogP contribution in [0.2, 0.25) is 5.02 Å². The van der Waals surface area contributed by atoms with Gasteiger partial charge in [0.15, 0.2) is 5.82 Å². The average Bonchev–Trinajstić information content (AvgIpc) is 3.08. The summed E-state index contributed by atoms with van der Waals surface area (Å²) in [6, 6.07) is 11.7. The molecule has 0 radical (unpaired) electrons. The van der Waals surface area contributed by atoms with E-state index in [1.807, 2.05) is 42.6 Å². The second-order valence-corrected chi connectivity index (χ2v) is 7.39. The molecule has 0 bridgehead atoms. The minimum Gasteiger partial charge on any atom is -0.378 e. The van der Waals surface area contributed by atoms with Crippen molar-refractivity contribution in [1.29, 1.82) is 0 Å². The van der Waals surface area contributed by atoms with Gasteiger partial charge in [-0.2, -0.15) is 0 Å². The Morgan fingerprint density at radius 2 is 1.93 bits per heavy atom. The highest BCUT2D eigenvalue weighted by molar-refractivity contribution is 6.30. The van der Waals surface area contributed by atoms with Crippen molar-refractivity contribution in [1.82, 2.24) is 19.9 Å². The summed E-state index contributed by atoms with van der Waals surface area (Å²) in [5.41, 5.74) is 2.80. The molecular weight excluding hydrogens is 374 g/mol. The summed E-state index contributed by atoms with van der Waals surface area (Å²) in [6.45, 7) is 1.76. The van der Waals surface area contributed by atoms with E-state index in [1.54, 1.807) is 19.5 Å². The van der Waals surface area contributed by atoms with Crippen molar-refractivity contribution in [2.75, 3.05) is 32.6 Å². The van der Waals surface area contributed by atoms with E-state index >= 15 is 0 Å². The predicted octanol–water partition coefficient (Wildman–Crippen LogP) is 3.60. The number of likely N-dealkylation sites (tertiary alicyclic amines) is 1. The molecule has 1 aliphatic heterocycles. The van der Waals surface area contributed by atoms with Crippen LogP contribution in [-0.2, 0) is 4.74 Å². The van der Waals surface area contributed by atoms with Gasteiger partial charge in [-0.3, -0.25) is 4.98 Å². The number of likely N-dealkylation sites (N-methyl/N-ethyl adjacent to an activating group) is 1. The van der Waals surface area contributed by atoms with Crippen molar-refractivity contribution < 1.29 is 4.74 Å². The number of hydrogen-bond acceptors (Lipinski definition) is 6. The molecule has 1 fully saturated rings. The van der Waals surface area contributed by atoms with Crippen LogP contribution in [0.3, 0.4) is 0 Å². The Bertz CT molecular complexity index is 935. The Balaban J connectivity index is 1.74. The van der Waals surface area contributed by atoms with Crippen LogP contribution in [-0.4, -0.2) is 59.2 Å². The zero-order valence-electron chi connectivity index (χ0n) is 15.8. The maximum atomic E-state index is 6.06. The number of nitrogens with one attached hydrogen (secondary N) is 1. The zero-order chi connectivity index (χ0) is 19.5. The molecule has 1 N–H and O–H groups in total. The molecule has 0 amide bonds. The minimum absolute atomic E-state index is 0.0971. The van der Waals surface area contributed by atoms with Crippen LogP contribution in [0.5, 0.6) is 0 Å². The van der Waals surface area contributed by atoms with Crippen LogP contribution >= 0.6 is 11.6 Å². The number of halogens is 1. The molecule has 1 aliphatic rings. The van der Waals surface area contributed by atoms with E-state index in [9.17, 15) is 0 Å². The summed E-state index contributed by atoms with van der Waals surface area (Å²) in [4.78, 5) is 15.8. The van der Waals surface area contributed by atoms with Crippen LogP contribution < -0.4 is 5.32 Å². The number of rotatable bonds is 5. The smallest absolute Gasteiger partial charge is 0.163 e. The molecule has 0 spiro atoms. The number of anilines is 1. The summed E-state index contributed by atoms with van der Waals surface area (Å²) in [5, 5.41) is 4.29. The van der Waals surface area contributed by atoms with Crippen molar-refractivity contribution in [3.63, 3.8) is 0 Å². The van der Waals surface area contributed by atoms with Crippen LogP contribution in [0.1, 0.15) is 0 Å². The van der Waals surface area contributed by atoms with E-state index in [0.29, 0.717) is 10.8 Å². The first-order valence-electron chi connectivity index (χ1n) is 9.15. The Morgan fingerprint density at radius 1 is 1.11 bits per heavy atom.